The van der Waals surface area contributed by atoms with E-state index in [1.165, 1.54) is 29.8 Å². The number of hydrogen-bond donors (Lipinski definition) is 1. The molecule has 106 valence electrons. The van der Waals surface area contributed by atoms with Gasteiger partial charge in [-0.3, -0.25) is 0 Å². The summed E-state index contributed by atoms with van der Waals surface area (Å²) in [6.45, 7) is 4.67. The molecule has 0 saturated heterocycles. The van der Waals surface area contributed by atoms with Crippen molar-refractivity contribution in [3.63, 3.8) is 0 Å². The van der Waals surface area contributed by atoms with Gasteiger partial charge in [-0.15, -0.1) is 6.58 Å². The average molecular weight is 285 g/mol. The number of ether oxygens (including phenoxy) is 1. The van der Waals surface area contributed by atoms with Crippen LogP contribution in [0.4, 0.5) is 0 Å². The standard InChI is InChI=1S/C12H19N3O3S/c1-3-6-15(7-8-18-2)19(16,17)12-5-4-11(9-13)10-14-12/h3-5,10H,1,6-9,13H2,2H3. The second-order valence-electron chi connectivity index (χ2n) is 3.85. The second kappa shape index (κ2) is 7.34. The Balaban J connectivity index is 2.99. The van der Waals surface area contributed by atoms with Gasteiger partial charge in [-0.25, -0.2) is 13.4 Å². The molecule has 0 saturated carbocycles. The van der Waals surface area contributed by atoms with Crippen LogP contribution in [0.2, 0.25) is 0 Å². The molecule has 1 rings (SSSR count). The number of pyridine rings is 1. The highest BCUT2D eigenvalue weighted by molar-refractivity contribution is 7.89. The zero-order valence-corrected chi connectivity index (χ0v) is 11.8. The van der Waals surface area contributed by atoms with Gasteiger partial charge in [0.1, 0.15) is 0 Å². The van der Waals surface area contributed by atoms with Gasteiger partial charge in [0.2, 0.25) is 0 Å². The Morgan fingerprint density at radius 1 is 1.53 bits per heavy atom. The van der Waals surface area contributed by atoms with Crippen LogP contribution >= 0.6 is 0 Å². The van der Waals surface area contributed by atoms with E-state index < -0.39 is 10.0 Å². The number of rotatable bonds is 8. The van der Waals surface area contributed by atoms with E-state index in [1.54, 1.807) is 6.07 Å². The quantitative estimate of drug-likeness (QED) is 0.697. The summed E-state index contributed by atoms with van der Waals surface area (Å²) in [5, 5.41) is 0.00246. The Hall–Kier alpha value is -1.28. The summed E-state index contributed by atoms with van der Waals surface area (Å²) in [7, 11) is -2.11. The van der Waals surface area contributed by atoms with Gasteiger partial charge in [0.05, 0.1) is 6.61 Å². The van der Waals surface area contributed by atoms with Crippen molar-refractivity contribution in [3.05, 3.63) is 36.5 Å². The lowest BCUT2D eigenvalue weighted by Crippen LogP contribution is -2.34. The minimum absolute atomic E-state index is 0.00246. The number of methoxy groups -OCH3 is 1. The first-order valence-electron chi connectivity index (χ1n) is 5.81. The maximum Gasteiger partial charge on any atom is 0.260 e. The van der Waals surface area contributed by atoms with Crippen molar-refractivity contribution >= 4 is 10.0 Å². The molecule has 0 amide bonds. The van der Waals surface area contributed by atoms with Crippen LogP contribution in [0.3, 0.4) is 0 Å². The minimum Gasteiger partial charge on any atom is -0.383 e. The van der Waals surface area contributed by atoms with Crippen LogP contribution in [0.5, 0.6) is 0 Å². The van der Waals surface area contributed by atoms with E-state index in [4.69, 9.17) is 10.5 Å². The largest absolute Gasteiger partial charge is 0.383 e. The van der Waals surface area contributed by atoms with Gasteiger partial charge in [0.25, 0.3) is 10.0 Å². The van der Waals surface area contributed by atoms with Crippen molar-refractivity contribution in [1.82, 2.24) is 9.29 Å². The first kappa shape index (κ1) is 15.8. The first-order chi connectivity index (χ1) is 9.06. The molecule has 0 unspecified atom stereocenters. The summed E-state index contributed by atoms with van der Waals surface area (Å²) >= 11 is 0. The van der Waals surface area contributed by atoms with Crippen molar-refractivity contribution in [2.24, 2.45) is 5.73 Å². The summed E-state index contributed by atoms with van der Waals surface area (Å²) in [6.07, 6.45) is 3.00. The van der Waals surface area contributed by atoms with Gasteiger partial charge >= 0.3 is 0 Å². The number of hydrogen-bond acceptors (Lipinski definition) is 5. The van der Waals surface area contributed by atoms with Crippen LogP contribution < -0.4 is 5.73 Å². The van der Waals surface area contributed by atoms with E-state index in [2.05, 4.69) is 11.6 Å². The Labute approximate surface area is 113 Å². The van der Waals surface area contributed by atoms with E-state index in [0.29, 0.717) is 13.2 Å². The topological polar surface area (TPSA) is 85.5 Å². The molecule has 0 aliphatic heterocycles. The fourth-order valence-corrected chi connectivity index (χ4v) is 2.77. The third-order valence-corrected chi connectivity index (χ3v) is 4.30. The maximum absolute atomic E-state index is 12.4. The number of sulfonamides is 1. The zero-order valence-electron chi connectivity index (χ0n) is 10.9. The van der Waals surface area contributed by atoms with E-state index in [1.807, 2.05) is 0 Å². The normalized spacial score (nSPS) is 11.7. The van der Waals surface area contributed by atoms with Crippen molar-refractivity contribution in [1.29, 1.82) is 0 Å². The molecule has 1 aromatic rings. The SMILES string of the molecule is C=CCN(CCOC)S(=O)(=O)c1ccc(CN)cn1. The Kier molecular flexibility index (Phi) is 6.10. The average Bonchev–Trinajstić information content (AvgIpc) is 2.43. The Bertz CT molecular complexity index is 499. The Morgan fingerprint density at radius 2 is 2.26 bits per heavy atom. The molecule has 0 spiro atoms. The molecule has 7 heteroatoms. The fourth-order valence-electron chi connectivity index (χ4n) is 1.46. The van der Waals surface area contributed by atoms with E-state index in [9.17, 15) is 8.42 Å². The van der Waals surface area contributed by atoms with Crippen molar-refractivity contribution in [2.45, 2.75) is 11.6 Å². The molecule has 1 heterocycles. The highest BCUT2D eigenvalue weighted by atomic mass is 32.2. The lowest BCUT2D eigenvalue weighted by atomic mass is 10.3. The molecule has 6 nitrogen and oxygen atoms in total. The van der Waals surface area contributed by atoms with Gasteiger partial charge < -0.3 is 10.5 Å². The lowest BCUT2D eigenvalue weighted by molar-refractivity contribution is 0.182. The van der Waals surface area contributed by atoms with Gasteiger partial charge in [-0.05, 0) is 11.6 Å². The third kappa shape index (κ3) is 4.10. The first-order valence-corrected chi connectivity index (χ1v) is 7.25. The third-order valence-electron chi connectivity index (χ3n) is 2.52. The van der Waals surface area contributed by atoms with Gasteiger partial charge in [-0.1, -0.05) is 12.1 Å². The molecule has 0 aliphatic carbocycles. The van der Waals surface area contributed by atoms with Gasteiger partial charge in [0.15, 0.2) is 5.03 Å². The Morgan fingerprint density at radius 3 is 2.74 bits per heavy atom. The summed E-state index contributed by atoms with van der Waals surface area (Å²) in [5.41, 5.74) is 6.24. The molecule has 0 radical (unpaired) electrons. The van der Waals surface area contributed by atoms with Crippen LogP contribution in [0.1, 0.15) is 5.56 Å². The van der Waals surface area contributed by atoms with Crippen LogP contribution in [-0.2, 0) is 21.3 Å². The molecule has 0 aromatic carbocycles. The number of nitrogens with two attached hydrogens (primary N) is 1. The van der Waals surface area contributed by atoms with Crippen LogP contribution in [-0.4, -0.2) is 44.5 Å². The molecule has 1 aromatic heterocycles. The predicted octanol–water partition coefficient (Wildman–Crippen LogP) is 0.363. The van der Waals surface area contributed by atoms with Gasteiger partial charge in [0, 0.05) is 32.9 Å². The maximum atomic E-state index is 12.4. The molecule has 19 heavy (non-hydrogen) atoms. The van der Waals surface area contributed by atoms with Crippen LogP contribution in [0, 0.1) is 0 Å². The smallest absolute Gasteiger partial charge is 0.260 e. The summed E-state index contributed by atoms with van der Waals surface area (Å²) in [4.78, 5) is 3.95. The van der Waals surface area contributed by atoms with Crippen LogP contribution in [0.15, 0.2) is 36.0 Å². The monoisotopic (exact) mass is 285 g/mol. The summed E-state index contributed by atoms with van der Waals surface area (Å²) in [5.74, 6) is 0. The van der Waals surface area contributed by atoms with Crippen molar-refractivity contribution < 1.29 is 13.2 Å². The molecule has 0 fully saturated rings. The van der Waals surface area contributed by atoms with E-state index in [-0.39, 0.29) is 18.1 Å². The van der Waals surface area contributed by atoms with E-state index in [0.717, 1.165) is 5.56 Å². The number of aromatic nitrogens is 1. The zero-order chi connectivity index (χ0) is 14.3. The highest BCUT2D eigenvalue weighted by Gasteiger charge is 2.24. The molecule has 0 bridgehead atoms. The summed E-state index contributed by atoms with van der Waals surface area (Å²) < 4.78 is 30.9. The van der Waals surface area contributed by atoms with Crippen LogP contribution in [0.25, 0.3) is 0 Å². The molecule has 0 atom stereocenters. The van der Waals surface area contributed by atoms with Crippen molar-refractivity contribution in [3.8, 4) is 0 Å². The minimum atomic E-state index is -3.63. The molecule has 0 aliphatic rings. The predicted molar refractivity (Wildman–Crippen MR) is 73.0 cm³/mol. The molecule has 2 N–H and O–H groups in total. The molecular formula is C12H19N3O3S. The number of nitrogens with zero attached hydrogens (tertiary/aromatic N) is 2. The highest BCUT2D eigenvalue weighted by Crippen LogP contribution is 2.13. The molecular weight excluding hydrogens is 266 g/mol. The van der Waals surface area contributed by atoms with Gasteiger partial charge in [-0.2, -0.15) is 4.31 Å². The van der Waals surface area contributed by atoms with E-state index >= 15 is 0 Å². The fraction of sp³-hybridized carbons (Fsp3) is 0.417. The second-order valence-corrected chi connectivity index (χ2v) is 5.74. The lowest BCUT2D eigenvalue weighted by Gasteiger charge is -2.19. The van der Waals surface area contributed by atoms with Crippen molar-refractivity contribution in [2.75, 3.05) is 26.8 Å². The summed E-state index contributed by atoms with van der Waals surface area (Å²) in [6, 6.07) is 3.11.